The maximum atomic E-state index is 2.31. The molecular weight excluding hydrogens is 617 g/mol. The van der Waals surface area contributed by atoms with E-state index < -0.39 is 0 Å². The van der Waals surface area contributed by atoms with E-state index in [2.05, 4.69) is 182 Å². The molecule has 0 atom stereocenters. The molecule has 0 saturated heterocycles. The van der Waals surface area contributed by atoms with Crippen LogP contribution in [0.25, 0.3) is 85.6 Å². The summed E-state index contributed by atoms with van der Waals surface area (Å²) in [4.78, 5) is 2.61. The molecule has 9 rings (SSSR count). The fraction of sp³-hybridized carbons (Fsp3) is 0. The van der Waals surface area contributed by atoms with Crippen LogP contribution in [0.2, 0.25) is 0 Å². The number of thiophene rings is 2. The lowest BCUT2D eigenvalue weighted by Gasteiger charge is -2.13. The van der Waals surface area contributed by atoms with E-state index in [-0.39, 0.29) is 0 Å². The van der Waals surface area contributed by atoms with E-state index in [1.165, 1.54) is 85.6 Å². The van der Waals surface area contributed by atoms with Gasteiger partial charge in [-0.1, -0.05) is 182 Å². The highest BCUT2D eigenvalue weighted by Gasteiger charge is 2.22. The van der Waals surface area contributed by atoms with E-state index in [4.69, 9.17) is 0 Å². The van der Waals surface area contributed by atoms with Gasteiger partial charge in [-0.15, -0.1) is 22.7 Å². The van der Waals surface area contributed by atoms with Crippen LogP contribution in [-0.2, 0) is 0 Å². The van der Waals surface area contributed by atoms with Crippen LogP contribution >= 0.6 is 22.7 Å². The van der Waals surface area contributed by atoms with Crippen molar-refractivity contribution in [3.05, 3.63) is 182 Å². The molecule has 0 aliphatic rings. The molecule has 2 heteroatoms. The van der Waals surface area contributed by atoms with Crippen molar-refractivity contribution in [2.75, 3.05) is 0 Å². The van der Waals surface area contributed by atoms with E-state index in [0.717, 1.165) is 0 Å². The lowest BCUT2D eigenvalue weighted by Crippen LogP contribution is -1.86. The molecule has 0 saturated carbocycles. The summed E-state index contributed by atoms with van der Waals surface area (Å²) < 4.78 is 2.63. The summed E-state index contributed by atoms with van der Waals surface area (Å²) in [6.45, 7) is 0. The van der Waals surface area contributed by atoms with Crippen LogP contribution in [-0.4, -0.2) is 0 Å². The van der Waals surface area contributed by atoms with Crippen LogP contribution in [0.5, 0.6) is 0 Å². The third kappa shape index (κ3) is 4.89. The van der Waals surface area contributed by atoms with Crippen LogP contribution in [0.3, 0.4) is 0 Å². The fourth-order valence-corrected chi connectivity index (χ4v) is 9.70. The van der Waals surface area contributed by atoms with Crippen molar-refractivity contribution < 1.29 is 0 Å². The van der Waals surface area contributed by atoms with Crippen LogP contribution < -0.4 is 0 Å². The van der Waals surface area contributed by atoms with Gasteiger partial charge in [-0.05, 0) is 33.4 Å². The number of benzene rings is 7. The summed E-state index contributed by atoms with van der Waals surface area (Å²) in [6, 6.07) is 66.0. The highest BCUT2D eigenvalue weighted by Crippen LogP contribution is 2.51. The van der Waals surface area contributed by atoms with E-state index in [9.17, 15) is 0 Å². The highest BCUT2D eigenvalue weighted by atomic mass is 32.1. The Morgan fingerprint density at radius 2 is 0.562 bits per heavy atom. The third-order valence-electron chi connectivity index (χ3n) is 9.14. The van der Waals surface area contributed by atoms with Gasteiger partial charge in [0, 0.05) is 52.2 Å². The van der Waals surface area contributed by atoms with Crippen molar-refractivity contribution >= 4 is 42.8 Å². The summed E-state index contributed by atoms with van der Waals surface area (Å²) in [6.07, 6.45) is 0. The summed E-state index contributed by atoms with van der Waals surface area (Å²) in [5.74, 6) is 0. The molecule has 0 unspecified atom stereocenters. The van der Waals surface area contributed by atoms with Crippen LogP contribution in [0.1, 0.15) is 0 Å². The molecule has 0 spiro atoms. The SMILES string of the molecule is c1ccc(-c2sc3c(-c4ccccc4-c4cccc5c(-c6ccccc6)c(-c6ccccc6)sc45)cccc3c2-c2ccccc2)cc1. The molecule has 0 aliphatic carbocycles. The number of hydrogen-bond acceptors (Lipinski definition) is 2. The number of rotatable bonds is 6. The molecule has 0 radical (unpaired) electrons. The monoisotopic (exact) mass is 646 g/mol. The van der Waals surface area contributed by atoms with Crippen LogP contribution in [0.4, 0.5) is 0 Å². The van der Waals surface area contributed by atoms with Gasteiger partial charge in [0.25, 0.3) is 0 Å². The molecule has 0 fully saturated rings. The Kier molecular flexibility index (Phi) is 7.31. The predicted octanol–water partition coefficient (Wildman–Crippen LogP) is 14.1. The Morgan fingerprint density at radius 3 is 0.938 bits per heavy atom. The molecule has 0 bridgehead atoms. The molecule has 0 amide bonds. The molecule has 0 N–H and O–H groups in total. The van der Waals surface area contributed by atoms with Crippen molar-refractivity contribution in [2.45, 2.75) is 0 Å². The molecule has 2 aromatic heterocycles. The minimum atomic E-state index is 1.25. The standard InChI is InChI=1S/C46H30S2/c1-5-17-31(18-6-1)41-39-29-15-27-37(45(39)47-43(41)33-21-9-3-10-22-33)35-25-13-14-26-36(35)38-28-16-30-40-42(32-19-7-2-8-20-32)44(48-46(38)40)34-23-11-4-12-24-34/h1-30H. The van der Waals surface area contributed by atoms with Gasteiger partial charge in [0.05, 0.1) is 0 Å². The van der Waals surface area contributed by atoms with E-state index in [1.54, 1.807) is 0 Å². The molecule has 0 aliphatic heterocycles. The van der Waals surface area contributed by atoms with Crippen molar-refractivity contribution in [1.82, 2.24) is 0 Å². The third-order valence-corrected chi connectivity index (χ3v) is 11.7. The van der Waals surface area contributed by atoms with Crippen molar-refractivity contribution in [3.63, 3.8) is 0 Å². The van der Waals surface area contributed by atoms with Gasteiger partial charge < -0.3 is 0 Å². The zero-order valence-electron chi connectivity index (χ0n) is 26.1. The van der Waals surface area contributed by atoms with Crippen molar-refractivity contribution in [3.8, 4) is 65.4 Å². The topological polar surface area (TPSA) is 0 Å². The molecule has 48 heavy (non-hydrogen) atoms. The molecular formula is C46H30S2. The maximum absolute atomic E-state index is 2.31. The first kappa shape index (κ1) is 28.7. The smallest absolute Gasteiger partial charge is 0.0434 e. The normalized spacial score (nSPS) is 11.3. The first-order valence-corrected chi connectivity index (χ1v) is 17.9. The highest BCUT2D eigenvalue weighted by molar-refractivity contribution is 7.24. The zero-order chi connectivity index (χ0) is 31.9. The Morgan fingerprint density at radius 1 is 0.250 bits per heavy atom. The van der Waals surface area contributed by atoms with Gasteiger partial charge in [0.1, 0.15) is 0 Å². The minimum Gasteiger partial charge on any atom is -0.134 e. The van der Waals surface area contributed by atoms with Gasteiger partial charge in [-0.2, -0.15) is 0 Å². The molecule has 0 nitrogen and oxygen atoms in total. The quantitative estimate of drug-likeness (QED) is 0.169. The fourth-order valence-electron chi connectivity index (χ4n) is 6.98. The van der Waals surface area contributed by atoms with Gasteiger partial charge in [-0.3, -0.25) is 0 Å². The summed E-state index contributed by atoms with van der Waals surface area (Å²) in [7, 11) is 0. The van der Waals surface area contributed by atoms with Crippen LogP contribution in [0, 0.1) is 0 Å². The number of hydrogen-bond donors (Lipinski definition) is 0. The second-order valence-electron chi connectivity index (χ2n) is 12.0. The second-order valence-corrected chi connectivity index (χ2v) is 14.0. The summed E-state index contributed by atoms with van der Waals surface area (Å²) in [5.41, 5.74) is 12.7. The first-order chi connectivity index (χ1) is 23.8. The Balaban J connectivity index is 1.30. The van der Waals surface area contributed by atoms with Gasteiger partial charge in [0.15, 0.2) is 0 Å². The molecule has 2 heterocycles. The Hall–Kier alpha value is -5.54. The minimum absolute atomic E-state index is 1.25. The van der Waals surface area contributed by atoms with Crippen molar-refractivity contribution in [1.29, 1.82) is 0 Å². The van der Waals surface area contributed by atoms with Gasteiger partial charge in [0.2, 0.25) is 0 Å². The average Bonchev–Trinajstić information content (AvgIpc) is 3.76. The molecule has 9 aromatic rings. The van der Waals surface area contributed by atoms with Crippen molar-refractivity contribution in [2.24, 2.45) is 0 Å². The Bertz CT molecular complexity index is 2340. The maximum Gasteiger partial charge on any atom is 0.0434 e. The van der Waals surface area contributed by atoms with E-state index in [0.29, 0.717) is 0 Å². The van der Waals surface area contributed by atoms with Gasteiger partial charge in [-0.25, -0.2) is 0 Å². The Labute approximate surface area is 288 Å². The zero-order valence-corrected chi connectivity index (χ0v) is 27.8. The summed E-state index contributed by atoms with van der Waals surface area (Å²) in [5, 5.41) is 2.59. The lowest BCUT2D eigenvalue weighted by molar-refractivity contribution is 1.63. The number of fused-ring (bicyclic) bond motifs is 2. The lowest BCUT2D eigenvalue weighted by atomic mass is 9.91. The second kappa shape index (κ2) is 12.2. The van der Waals surface area contributed by atoms with E-state index in [1.807, 2.05) is 22.7 Å². The first-order valence-electron chi connectivity index (χ1n) is 16.3. The predicted molar refractivity (Wildman–Crippen MR) is 210 cm³/mol. The molecule has 7 aromatic carbocycles. The van der Waals surface area contributed by atoms with Gasteiger partial charge >= 0.3 is 0 Å². The summed E-state index contributed by atoms with van der Waals surface area (Å²) >= 11 is 3.81. The average molecular weight is 647 g/mol. The van der Waals surface area contributed by atoms with Crippen LogP contribution in [0.15, 0.2) is 182 Å². The largest absolute Gasteiger partial charge is 0.134 e. The molecule has 226 valence electrons. The van der Waals surface area contributed by atoms with E-state index >= 15 is 0 Å².